The van der Waals surface area contributed by atoms with E-state index in [9.17, 15) is 4.79 Å². The molecular weight excluding hydrogens is 192 g/mol. The van der Waals surface area contributed by atoms with Gasteiger partial charge in [-0.3, -0.25) is 4.57 Å². The molecule has 0 bridgehead atoms. The summed E-state index contributed by atoms with van der Waals surface area (Å²) in [7, 11) is 0. The summed E-state index contributed by atoms with van der Waals surface area (Å²) in [6.07, 6.45) is 5.80. The molecule has 2 aliphatic rings. The molecule has 1 saturated heterocycles. The highest BCUT2D eigenvalue weighted by Crippen LogP contribution is 2.35. The van der Waals surface area contributed by atoms with Crippen molar-refractivity contribution in [2.75, 3.05) is 6.54 Å². The molecule has 82 valence electrons. The van der Waals surface area contributed by atoms with Crippen LogP contribution in [0.15, 0.2) is 4.79 Å². The molecule has 1 aliphatic carbocycles. The van der Waals surface area contributed by atoms with Crippen LogP contribution in [-0.2, 0) is 0 Å². The first-order valence-electron chi connectivity index (χ1n) is 5.76. The minimum absolute atomic E-state index is 0.0418. The summed E-state index contributed by atoms with van der Waals surface area (Å²) in [4.78, 5) is 11.6. The summed E-state index contributed by atoms with van der Waals surface area (Å²) in [6.45, 7) is 1.04. The van der Waals surface area contributed by atoms with Crippen molar-refractivity contribution < 1.29 is 0 Å². The van der Waals surface area contributed by atoms with E-state index in [2.05, 4.69) is 15.5 Å². The molecule has 1 aromatic rings. The molecular formula is C10H16N4O. The number of hydrogen-bond acceptors (Lipinski definition) is 3. The quantitative estimate of drug-likeness (QED) is 0.752. The van der Waals surface area contributed by atoms with Crippen LogP contribution >= 0.6 is 0 Å². The van der Waals surface area contributed by atoms with Gasteiger partial charge in [-0.1, -0.05) is 6.42 Å². The van der Waals surface area contributed by atoms with Crippen molar-refractivity contribution in [1.29, 1.82) is 0 Å². The van der Waals surface area contributed by atoms with Gasteiger partial charge in [-0.25, -0.2) is 9.89 Å². The van der Waals surface area contributed by atoms with Gasteiger partial charge in [-0.2, -0.15) is 5.10 Å². The summed E-state index contributed by atoms with van der Waals surface area (Å²) < 4.78 is 1.85. The normalized spacial score (nSPS) is 26.8. The second-order valence-corrected chi connectivity index (χ2v) is 4.49. The number of aromatic nitrogens is 3. The average molecular weight is 208 g/mol. The molecule has 2 fully saturated rings. The van der Waals surface area contributed by atoms with Gasteiger partial charge in [-0.15, -0.1) is 0 Å². The Labute approximate surface area is 87.9 Å². The maximum absolute atomic E-state index is 11.6. The van der Waals surface area contributed by atoms with Crippen molar-refractivity contribution in [3.05, 3.63) is 16.3 Å². The van der Waals surface area contributed by atoms with Crippen LogP contribution in [0.5, 0.6) is 0 Å². The average Bonchev–Trinajstić information content (AvgIpc) is 3.03. The molecule has 0 aromatic carbocycles. The van der Waals surface area contributed by atoms with Gasteiger partial charge < -0.3 is 5.32 Å². The van der Waals surface area contributed by atoms with Crippen LogP contribution in [0.4, 0.5) is 0 Å². The van der Waals surface area contributed by atoms with E-state index >= 15 is 0 Å². The van der Waals surface area contributed by atoms with Crippen molar-refractivity contribution in [1.82, 2.24) is 20.1 Å². The second-order valence-electron chi connectivity index (χ2n) is 4.49. The Morgan fingerprint density at radius 2 is 2.13 bits per heavy atom. The summed E-state index contributed by atoms with van der Waals surface area (Å²) in [5.41, 5.74) is -0.0418. The standard InChI is InChI=1S/C10H16N4O/c15-10-13-12-9(14(10)7-4-5-7)8-3-1-2-6-11-8/h7-8,11H,1-6H2,(H,13,15). The molecule has 2 heterocycles. The number of hydrogen-bond donors (Lipinski definition) is 2. The maximum Gasteiger partial charge on any atom is 0.343 e. The van der Waals surface area contributed by atoms with E-state index in [1.54, 1.807) is 0 Å². The van der Waals surface area contributed by atoms with Gasteiger partial charge in [-0.05, 0) is 32.2 Å². The first-order valence-corrected chi connectivity index (χ1v) is 5.76. The SMILES string of the molecule is O=c1[nH]nc(C2CCCCN2)n1C1CC1. The minimum Gasteiger partial charge on any atom is -0.307 e. The largest absolute Gasteiger partial charge is 0.343 e. The van der Waals surface area contributed by atoms with Crippen LogP contribution in [0.2, 0.25) is 0 Å². The zero-order valence-corrected chi connectivity index (χ0v) is 8.70. The number of H-pyrrole nitrogens is 1. The highest BCUT2D eigenvalue weighted by atomic mass is 16.1. The second kappa shape index (κ2) is 3.48. The zero-order chi connectivity index (χ0) is 10.3. The predicted molar refractivity (Wildman–Crippen MR) is 55.7 cm³/mol. The van der Waals surface area contributed by atoms with E-state index in [0.29, 0.717) is 6.04 Å². The molecule has 1 unspecified atom stereocenters. The van der Waals surface area contributed by atoms with Crippen LogP contribution in [0.1, 0.15) is 50.0 Å². The highest BCUT2D eigenvalue weighted by molar-refractivity contribution is 5.01. The Balaban J connectivity index is 1.92. The number of rotatable bonds is 2. The Kier molecular flexibility index (Phi) is 2.12. The van der Waals surface area contributed by atoms with Crippen LogP contribution in [-0.4, -0.2) is 21.3 Å². The summed E-state index contributed by atoms with van der Waals surface area (Å²) in [5, 5.41) is 10.2. The van der Waals surface area contributed by atoms with Crippen LogP contribution in [0, 0.1) is 0 Å². The molecule has 1 aliphatic heterocycles. The van der Waals surface area contributed by atoms with Crippen molar-refractivity contribution in [2.45, 2.75) is 44.2 Å². The smallest absolute Gasteiger partial charge is 0.307 e. The van der Waals surface area contributed by atoms with E-state index in [1.165, 1.54) is 12.8 Å². The van der Waals surface area contributed by atoms with Crippen LogP contribution < -0.4 is 11.0 Å². The van der Waals surface area contributed by atoms with E-state index in [-0.39, 0.29) is 11.7 Å². The molecule has 3 rings (SSSR count). The third-order valence-electron chi connectivity index (χ3n) is 3.27. The molecule has 2 N–H and O–H groups in total. The van der Waals surface area contributed by atoms with E-state index in [0.717, 1.165) is 31.6 Å². The summed E-state index contributed by atoms with van der Waals surface area (Å²) in [5.74, 6) is 0.919. The fourth-order valence-corrected chi connectivity index (χ4v) is 2.32. The van der Waals surface area contributed by atoms with Gasteiger partial charge >= 0.3 is 5.69 Å². The minimum atomic E-state index is -0.0418. The van der Waals surface area contributed by atoms with Crippen molar-refractivity contribution in [3.8, 4) is 0 Å². The molecule has 0 amide bonds. The molecule has 1 saturated carbocycles. The monoisotopic (exact) mass is 208 g/mol. The molecule has 1 atom stereocenters. The van der Waals surface area contributed by atoms with Crippen LogP contribution in [0.3, 0.4) is 0 Å². The van der Waals surface area contributed by atoms with E-state index in [4.69, 9.17) is 0 Å². The number of aromatic amines is 1. The zero-order valence-electron chi connectivity index (χ0n) is 8.70. The fourth-order valence-electron chi connectivity index (χ4n) is 2.32. The van der Waals surface area contributed by atoms with Gasteiger partial charge in [0.15, 0.2) is 5.82 Å². The topological polar surface area (TPSA) is 62.7 Å². The van der Waals surface area contributed by atoms with Gasteiger partial charge in [0.25, 0.3) is 0 Å². The first kappa shape index (κ1) is 9.15. The van der Waals surface area contributed by atoms with Gasteiger partial charge in [0.05, 0.1) is 6.04 Å². The third-order valence-corrected chi connectivity index (χ3v) is 3.27. The molecule has 5 nitrogen and oxygen atoms in total. The maximum atomic E-state index is 11.6. The lowest BCUT2D eigenvalue weighted by atomic mass is 10.0. The summed E-state index contributed by atoms with van der Waals surface area (Å²) >= 11 is 0. The molecule has 15 heavy (non-hydrogen) atoms. The lowest BCUT2D eigenvalue weighted by Crippen LogP contribution is -2.30. The lowest BCUT2D eigenvalue weighted by Gasteiger charge is -2.22. The number of nitrogens with zero attached hydrogens (tertiary/aromatic N) is 2. The Bertz CT molecular complexity index is 398. The fraction of sp³-hybridized carbons (Fsp3) is 0.800. The van der Waals surface area contributed by atoms with Gasteiger partial charge in [0.1, 0.15) is 0 Å². The van der Waals surface area contributed by atoms with Crippen molar-refractivity contribution >= 4 is 0 Å². The molecule has 0 spiro atoms. The molecule has 0 radical (unpaired) electrons. The van der Waals surface area contributed by atoms with E-state index < -0.39 is 0 Å². The lowest BCUT2D eigenvalue weighted by molar-refractivity contribution is 0.384. The molecule has 1 aromatic heterocycles. The van der Waals surface area contributed by atoms with Crippen molar-refractivity contribution in [3.63, 3.8) is 0 Å². The van der Waals surface area contributed by atoms with Crippen molar-refractivity contribution in [2.24, 2.45) is 0 Å². The molecule has 5 heteroatoms. The van der Waals surface area contributed by atoms with Gasteiger partial charge in [0.2, 0.25) is 0 Å². The third kappa shape index (κ3) is 1.61. The van der Waals surface area contributed by atoms with Gasteiger partial charge in [0, 0.05) is 6.04 Å². The number of piperidine rings is 1. The first-order chi connectivity index (χ1) is 7.36. The highest BCUT2D eigenvalue weighted by Gasteiger charge is 2.31. The Morgan fingerprint density at radius 3 is 2.80 bits per heavy atom. The Morgan fingerprint density at radius 1 is 1.27 bits per heavy atom. The van der Waals surface area contributed by atoms with Crippen LogP contribution in [0.25, 0.3) is 0 Å². The predicted octanol–water partition coefficient (Wildman–Crippen LogP) is 0.721. The summed E-state index contributed by atoms with van der Waals surface area (Å²) in [6, 6.07) is 0.688. The van der Waals surface area contributed by atoms with E-state index in [1.807, 2.05) is 4.57 Å². The number of nitrogens with one attached hydrogen (secondary N) is 2. The Hall–Kier alpha value is -1.10.